The van der Waals surface area contributed by atoms with Gasteiger partial charge in [-0.1, -0.05) is 35.9 Å². The summed E-state index contributed by atoms with van der Waals surface area (Å²) in [6.45, 7) is 3.25. The number of hydrogen-bond acceptors (Lipinski definition) is 5. The molecule has 0 saturated heterocycles. The van der Waals surface area contributed by atoms with E-state index in [1.807, 2.05) is 6.92 Å². The molecule has 6 nitrogen and oxygen atoms in total. The van der Waals surface area contributed by atoms with Crippen LogP contribution in [0.3, 0.4) is 0 Å². The number of benzene rings is 2. The molecule has 2 atom stereocenters. The number of aryl methyl sites for hydroxylation is 1. The van der Waals surface area contributed by atoms with E-state index in [-0.39, 0.29) is 17.9 Å². The molecule has 2 aromatic carbocycles. The van der Waals surface area contributed by atoms with Crippen molar-refractivity contribution in [3.05, 3.63) is 59.7 Å². The van der Waals surface area contributed by atoms with E-state index in [0.29, 0.717) is 11.3 Å². The van der Waals surface area contributed by atoms with E-state index in [1.165, 1.54) is 11.2 Å². The Bertz CT molecular complexity index is 908. The molecule has 1 aliphatic heterocycles. The smallest absolute Gasteiger partial charge is 0.303 e. The molecule has 1 aliphatic rings. The lowest BCUT2D eigenvalue weighted by Crippen LogP contribution is -2.33. The summed E-state index contributed by atoms with van der Waals surface area (Å²) < 4.78 is 32.9. The van der Waals surface area contributed by atoms with E-state index in [1.54, 1.807) is 48.5 Å². The first kappa shape index (κ1) is 18.4. The summed E-state index contributed by atoms with van der Waals surface area (Å²) in [5, 5.41) is 10.6. The number of hydrogen-bond donors (Lipinski definition) is 1. The summed E-state index contributed by atoms with van der Waals surface area (Å²) in [7, 11) is -3.81. The molecular formula is C19H21NO5S. The van der Waals surface area contributed by atoms with Gasteiger partial charge in [-0.25, -0.2) is 8.42 Å². The highest BCUT2D eigenvalue weighted by atomic mass is 32.2. The van der Waals surface area contributed by atoms with Crippen LogP contribution >= 0.6 is 0 Å². The van der Waals surface area contributed by atoms with Crippen molar-refractivity contribution in [2.75, 3.05) is 10.8 Å². The molecular weight excluding hydrogens is 354 g/mol. The Morgan fingerprint density at radius 3 is 2.46 bits per heavy atom. The zero-order valence-electron chi connectivity index (χ0n) is 14.6. The van der Waals surface area contributed by atoms with Crippen molar-refractivity contribution in [3.63, 3.8) is 0 Å². The number of anilines is 1. The van der Waals surface area contributed by atoms with Gasteiger partial charge in [0, 0.05) is 25.5 Å². The number of carbonyl (C=O) groups is 1. The molecule has 1 N–H and O–H groups in total. The number of esters is 1. The van der Waals surface area contributed by atoms with Crippen molar-refractivity contribution in [1.82, 2.24) is 0 Å². The van der Waals surface area contributed by atoms with Crippen molar-refractivity contribution in [3.8, 4) is 0 Å². The molecule has 3 rings (SSSR count). The van der Waals surface area contributed by atoms with Gasteiger partial charge in [-0.2, -0.15) is 0 Å². The predicted molar refractivity (Wildman–Crippen MR) is 97.3 cm³/mol. The predicted octanol–water partition coefficient (Wildman–Crippen LogP) is 2.56. The first-order chi connectivity index (χ1) is 12.3. The number of sulfonamides is 1. The molecule has 0 aromatic heterocycles. The van der Waals surface area contributed by atoms with Crippen molar-refractivity contribution >= 4 is 21.7 Å². The maximum Gasteiger partial charge on any atom is 0.303 e. The van der Waals surface area contributed by atoms with Gasteiger partial charge in [0.05, 0.1) is 10.6 Å². The van der Waals surface area contributed by atoms with Crippen LogP contribution in [0.4, 0.5) is 5.69 Å². The lowest BCUT2D eigenvalue weighted by Gasteiger charge is -2.24. The quantitative estimate of drug-likeness (QED) is 0.834. The summed E-state index contributed by atoms with van der Waals surface area (Å²) in [6.07, 6.45) is -1.69. The van der Waals surface area contributed by atoms with Crippen molar-refractivity contribution < 1.29 is 23.1 Å². The Labute approximate surface area is 153 Å². The fourth-order valence-corrected chi connectivity index (χ4v) is 4.62. The lowest BCUT2D eigenvalue weighted by atomic mass is 10.0. The molecule has 0 unspecified atom stereocenters. The van der Waals surface area contributed by atoms with E-state index >= 15 is 0 Å². The summed E-state index contributed by atoms with van der Waals surface area (Å²) >= 11 is 0. The van der Waals surface area contributed by atoms with Crippen LogP contribution in [0.5, 0.6) is 0 Å². The van der Waals surface area contributed by atoms with Gasteiger partial charge in [-0.15, -0.1) is 0 Å². The van der Waals surface area contributed by atoms with E-state index in [0.717, 1.165) is 5.56 Å². The average molecular weight is 375 g/mol. The monoisotopic (exact) mass is 375 g/mol. The maximum atomic E-state index is 13.2. The molecule has 1 heterocycles. The van der Waals surface area contributed by atoms with Crippen LogP contribution in [0, 0.1) is 6.92 Å². The normalized spacial score (nSPS) is 20.2. The third-order valence-electron chi connectivity index (χ3n) is 4.42. The second kappa shape index (κ2) is 7.09. The highest BCUT2D eigenvalue weighted by Crippen LogP contribution is 2.37. The number of ether oxygens (including phenoxy) is 1. The van der Waals surface area contributed by atoms with Crippen molar-refractivity contribution in [1.29, 1.82) is 0 Å². The van der Waals surface area contributed by atoms with Crippen LogP contribution in [0.15, 0.2) is 53.4 Å². The zero-order chi connectivity index (χ0) is 18.9. The lowest BCUT2D eigenvalue weighted by molar-refractivity contribution is -0.152. The van der Waals surface area contributed by atoms with Gasteiger partial charge in [-0.05, 0) is 25.1 Å². The van der Waals surface area contributed by atoms with Crippen LogP contribution in [-0.2, 0) is 19.6 Å². The maximum absolute atomic E-state index is 13.2. The minimum Gasteiger partial charge on any atom is -0.459 e. The Morgan fingerprint density at radius 1 is 1.15 bits per heavy atom. The largest absolute Gasteiger partial charge is 0.459 e. The fraction of sp³-hybridized carbons (Fsp3) is 0.316. The number of rotatable bonds is 3. The summed E-state index contributed by atoms with van der Waals surface area (Å²) in [4.78, 5) is 11.5. The third-order valence-corrected chi connectivity index (χ3v) is 6.25. The Hall–Kier alpha value is -2.38. The number of carbonyl (C=O) groups excluding carboxylic acids is 1. The Morgan fingerprint density at radius 2 is 1.81 bits per heavy atom. The molecule has 0 spiro atoms. The van der Waals surface area contributed by atoms with Gasteiger partial charge >= 0.3 is 5.97 Å². The summed E-state index contributed by atoms with van der Waals surface area (Å²) in [6, 6.07) is 13.4. The molecule has 0 radical (unpaired) electrons. The highest BCUT2D eigenvalue weighted by molar-refractivity contribution is 7.92. The number of fused-ring (bicyclic) bond motifs is 1. The molecule has 0 fully saturated rings. The summed E-state index contributed by atoms with van der Waals surface area (Å²) in [5.41, 5.74) is 1.78. The van der Waals surface area contributed by atoms with Crippen molar-refractivity contribution in [2.24, 2.45) is 0 Å². The molecule has 2 aromatic rings. The topological polar surface area (TPSA) is 83.9 Å². The van der Waals surface area contributed by atoms with Gasteiger partial charge in [0.2, 0.25) is 0 Å². The van der Waals surface area contributed by atoms with E-state index < -0.39 is 28.2 Å². The molecule has 0 amide bonds. The van der Waals surface area contributed by atoms with Crippen molar-refractivity contribution in [2.45, 2.75) is 37.4 Å². The molecule has 26 heavy (non-hydrogen) atoms. The molecule has 7 heteroatoms. The van der Waals surface area contributed by atoms with E-state index in [9.17, 15) is 18.3 Å². The fourth-order valence-electron chi connectivity index (χ4n) is 3.11. The van der Waals surface area contributed by atoms with Crippen LogP contribution in [0.25, 0.3) is 0 Å². The first-order valence-corrected chi connectivity index (χ1v) is 9.78. The SMILES string of the molecule is CC(=O)O[C@@H]1CCN(S(=O)(=O)c2ccc(C)cc2)c2ccccc2[C@@H]1O. The average Bonchev–Trinajstić information content (AvgIpc) is 2.73. The van der Waals surface area contributed by atoms with Crippen LogP contribution in [0.2, 0.25) is 0 Å². The van der Waals surface area contributed by atoms with Gasteiger partial charge in [0.25, 0.3) is 10.0 Å². The first-order valence-electron chi connectivity index (χ1n) is 8.34. The minimum atomic E-state index is -3.81. The molecule has 0 saturated carbocycles. The second-order valence-electron chi connectivity index (χ2n) is 6.33. The standard InChI is InChI=1S/C19H21NO5S/c1-13-7-9-15(10-8-13)26(23,24)20-12-11-18(25-14(2)21)19(22)16-5-3-4-6-17(16)20/h3-10,18-19,22H,11-12H2,1-2H3/t18-,19+/m1/s1. The molecule has 138 valence electrons. The number of nitrogens with zero attached hydrogens (tertiary/aromatic N) is 1. The molecule has 0 aliphatic carbocycles. The van der Waals surface area contributed by atoms with Gasteiger partial charge in [0.1, 0.15) is 12.2 Å². The van der Waals surface area contributed by atoms with Gasteiger partial charge in [-0.3, -0.25) is 9.10 Å². The highest BCUT2D eigenvalue weighted by Gasteiger charge is 2.36. The molecule has 0 bridgehead atoms. The van der Waals surface area contributed by atoms with Crippen LogP contribution in [-0.4, -0.2) is 32.1 Å². The van der Waals surface area contributed by atoms with Crippen LogP contribution < -0.4 is 4.31 Å². The van der Waals surface area contributed by atoms with Crippen LogP contribution in [0.1, 0.15) is 30.6 Å². The van der Waals surface area contributed by atoms with Gasteiger partial charge in [0.15, 0.2) is 0 Å². The summed E-state index contributed by atoms with van der Waals surface area (Å²) in [5.74, 6) is -0.513. The Kier molecular flexibility index (Phi) is 5.02. The second-order valence-corrected chi connectivity index (χ2v) is 8.19. The zero-order valence-corrected chi connectivity index (χ0v) is 15.4. The number of para-hydroxylation sites is 1. The minimum absolute atomic E-state index is 0.0994. The third kappa shape index (κ3) is 3.45. The van der Waals surface area contributed by atoms with E-state index in [2.05, 4.69) is 0 Å². The Balaban J connectivity index is 2.07. The van der Waals surface area contributed by atoms with E-state index in [4.69, 9.17) is 4.74 Å². The number of aliphatic hydroxyl groups is 1. The number of aliphatic hydroxyl groups excluding tert-OH is 1. The van der Waals surface area contributed by atoms with Gasteiger partial charge < -0.3 is 9.84 Å².